The van der Waals surface area contributed by atoms with Crippen LogP contribution in [0.15, 0.2) is 0 Å². The van der Waals surface area contributed by atoms with Crippen LogP contribution < -0.4 is 5.32 Å². The maximum atomic E-state index is 11.9. The van der Waals surface area contributed by atoms with Crippen molar-refractivity contribution in [2.45, 2.75) is 92.9 Å². The number of rotatable bonds is 30. The summed E-state index contributed by atoms with van der Waals surface area (Å²) < 4.78 is 0. The first kappa shape index (κ1) is 39.2. The van der Waals surface area contributed by atoms with E-state index >= 15 is 0 Å². The van der Waals surface area contributed by atoms with Gasteiger partial charge in [0.1, 0.15) is 0 Å². The zero-order chi connectivity index (χ0) is 29.8. The van der Waals surface area contributed by atoms with Crippen LogP contribution in [0.1, 0.15) is 92.9 Å². The molecule has 0 aromatic carbocycles. The van der Waals surface area contributed by atoms with Crippen LogP contribution in [0.4, 0.5) is 0 Å². The van der Waals surface area contributed by atoms with E-state index in [4.69, 9.17) is 5.11 Å². The van der Waals surface area contributed by atoms with Crippen LogP contribution >= 0.6 is 0 Å². The molecule has 0 atom stereocenters. The fraction of sp³-hybridized carbons (Fsp3) is 0.969. The van der Waals surface area contributed by atoms with E-state index in [-0.39, 0.29) is 12.5 Å². The highest BCUT2D eigenvalue weighted by Crippen LogP contribution is 2.02. The lowest BCUT2D eigenvalue weighted by atomic mass is 10.3. The second kappa shape index (κ2) is 28.4. The number of carbonyl (C=O) groups is 1. The summed E-state index contributed by atoms with van der Waals surface area (Å²) in [5.41, 5.74) is 0. The van der Waals surface area contributed by atoms with Gasteiger partial charge in [0.2, 0.25) is 5.91 Å². The molecule has 2 N–H and O–H groups in total. The van der Waals surface area contributed by atoms with Crippen molar-refractivity contribution in [3.63, 3.8) is 0 Å². The van der Waals surface area contributed by atoms with E-state index in [1.807, 2.05) is 0 Å². The van der Waals surface area contributed by atoms with Gasteiger partial charge < -0.3 is 34.9 Å². The molecule has 1 amide bonds. The molecule has 8 nitrogen and oxygen atoms in total. The highest BCUT2D eigenvalue weighted by molar-refractivity contribution is 5.75. The van der Waals surface area contributed by atoms with Crippen LogP contribution in [-0.2, 0) is 4.79 Å². The highest BCUT2D eigenvalue weighted by atomic mass is 16.3. The van der Waals surface area contributed by atoms with E-state index in [1.165, 1.54) is 77.9 Å². The summed E-state index contributed by atoms with van der Waals surface area (Å²) in [4.78, 5) is 25.0. The van der Waals surface area contributed by atoms with Gasteiger partial charge in [-0.15, -0.1) is 0 Å². The third-order valence-electron chi connectivity index (χ3n) is 7.48. The van der Waals surface area contributed by atoms with Gasteiger partial charge >= 0.3 is 0 Å². The third kappa shape index (κ3) is 21.9. The minimum atomic E-state index is 0.0471. The summed E-state index contributed by atoms with van der Waals surface area (Å²) in [6, 6.07) is 0. The Morgan fingerprint density at radius 2 is 0.750 bits per heavy atom. The molecule has 0 aliphatic rings. The molecule has 0 aliphatic heterocycles. The molecular weight excluding hydrogens is 500 g/mol. The molecule has 0 aromatic heterocycles. The molecular formula is C32H70N6O2. The van der Waals surface area contributed by atoms with Gasteiger partial charge in [-0.3, -0.25) is 4.79 Å². The van der Waals surface area contributed by atoms with E-state index in [0.29, 0.717) is 19.4 Å². The van der Waals surface area contributed by atoms with Gasteiger partial charge in [-0.25, -0.2) is 0 Å². The Bertz CT molecular complexity index is 547. The van der Waals surface area contributed by atoms with E-state index in [2.05, 4.69) is 71.4 Å². The number of hydrogen-bond acceptors (Lipinski definition) is 7. The average Bonchev–Trinajstić information content (AvgIpc) is 2.94. The molecule has 0 heterocycles. The molecule has 0 saturated heterocycles. The molecule has 0 radical (unpaired) electrons. The van der Waals surface area contributed by atoms with Crippen molar-refractivity contribution in [3.05, 3.63) is 0 Å². The summed E-state index contributed by atoms with van der Waals surface area (Å²) >= 11 is 0. The quantitative estimate of drug-likeness (QED) is 0.136. The second-order valence-electron chi connectivity index (χ2n) is 11.4. The van der Waals surface area contributed by atoms with Crippen LogP contribution in [0.2, 0.25) is 0 Å². The number of nitrogens with one attached hydrogen (secondary N) is 1. The zero-order valence-electron chi connectivity index (χ0n) is 27.8. The number of nitrogens with zero attached hydrogens (tertiary/aromatic N) is 5. The first-order chi connectivity index (χ1) is 19.5. The van der Waals surface area contributed by atoms with Crippen LogP contribution in [-0.4, -0.2) is 147 Å². The van der Waals surface area contributed by atoms with Crippen LogP contribution in [0, 0.1) is 0 Å². The topological polar surface area (TPSA) is 65.5 Å². The molecule has 0 fully saturated rings. The number of aliphatic hydroxyl groups excluding tert-OH is 1. The van der Waals surface area contributed by atoms with Gasteiger partial charge in [-0.1, -0.05) is 41.5 Å². The fourth-order valence-corrected chi connectivity index (χ4v) is 5.39. The predicted molar refractivity (Wildman–Crippen MR) is 173 cm³/mol. The van der Waals surface area contributed by atoms with Crippen molar-refractivity contribution in [2.24, 2.45) is 0 Å². The number of hydrogen-bond donors (Lipinski definition) is 2. The van der Waals surface area contributed by atoms with Crippen molar-refractivity contribution in [1.82, 2.24) is 29.8 Å². The molecule has 0 rings (SSSR count). The van der Waals surface area contributed by atoms with Gasteiger partial charge in [-0.05, 0) is 84.2 Å². The Labute approximate surface area is 249 Å². The standard InChI is InChI=1S/C32H70N6O2/c1-7-16-34(17-8-2)23-25-36(19-10-4)27-29-38(21-12-6)30-28-37(20-11-5)26-24-35(18-9-3)22-15-33-32(40)14-13-31-39/h39H,7-31H2,1-6H3,(H,33,40). The molecule has 0 unspecified atom stereocenters. The molecule has 0 aliphatic carbocycles. The smallest absolute Gasteiger partial charge is 0.220 e. The molecule has 0 saturated carbocycles. The van der Waals surface area contributed by atoms with Crippen molar-refractivity contribution < 1.29 is 9.90 Å². The van der Waals surface area contributed by atoms with Crippen LogP contribution in [0.3, 0.4) is 0 Å². The summed E-state index contributed by atoms with van der Waals surface area (Å²) in [5.74, 6) is 0.0471. The predicted octanol–water partition coefficient (Wildman–Crippen LogP) is 3.85. The van der Waals surface area contributed by atoms with Gasteiger partial charge in [0, 0.05) is 78.5 Å². The Morgan fingerprint density at radius 1 is 0.475 bits per heavy atom. The summed E-state index contributed by atoms with van der Waals surface area (Å²) in [7, 11) is 0. The normalized spacial score (nSPS) is 12.1. The van der Waals surface area contributed by atoms with Crippen LogP contribution in [0.5, 0.6) is 0 Å². The van der Waals surface area contributed by atoms with E-state index in [1.54, 1.807) is 0 Å². The zero-order valence-corrected chi connectivity index (χ0v) is 27.8. The van der Waals surface area contributed by atoms with Crippen LogP contribution in [0.25, 0.3) is 0 Å². The number of amides is 1. The van der Waals surface area contributed by atoms with Gasteiger partial charge in [0.05, 0.1) is 0 Å². The Kier molecular flexibility index (Phi) is 27.8. The Balaban J connectivity index is 4.77. The molecule has 0 spiro atoms. The largest absolute Gasteiger partial charge is 0.396 e. The maximum absolute atomic E-state index is 11.9. The van der Waals surface area contributed by atoms with Gasteiger partial charge in [0.25, 0.3) is 0 Å². The minimum Gasteiger partial charge on any atom is -0.396 e. The lowest BCUT2D eigenvalue weighted by Crippen LogP contribution is -2.44. The van der Waals surface area contributed by atoms with E-state index in [9.17, 15) is 4.79 Å². The van der Waals surface area contributed by atoms with Gasteiger partial charge in [0.15, 0.2) is 0 Å². The molecule has 8 heteroatoms. The summed E-state index contributed by atoms with van der Waals surface area (Å²) in [6.07, 6.45) is 8.16. The minimum absolute atomic E-state index is 0.0471. The van der Waals surface area contributed by atoms with Crippen molar-refractivity contribution in [2.75, 3.05) is 111 Å². The average molecular weight is 571 g/mol. The molecule has 40 heavy (non-hydrogen) atoms. The summed E-state index contributed by atoms with van der Waals surface area (Å²) in [6.45, 7) is 31.5. The molecule has 0 aromatic rings. The van der Waals surface area contributed by atoms with E-state index in [0.717, 1.165) is 58.8 Å². The Morgan fingerprint density at radius 3 is 1.02 bits per heavy atom. The SMILES string of the molecule is CCCN(CCC)CCN(CCC)CCN(CCC)CCN(CCC)CCN(CCC)CCNC(=O)CCCO. The fourth-order valence-electron chi connectivity index (χ4n) is 5.39. The lowest BCUT2D eigenvalue weighted by Gasteiger charge is -2.32. The van der Waals surface area contributed by atoms with Crippen molar-refractivity contribution >= 4 is 5.91 Å². The first-order valence-electron chi connectivity index (χ1n) is 17.0. The number of aliphatic hydroxyl groups is 1. The maximum Gasteiger partial charge on any atom is 0.220 e. The van der Waals surface area contributed by atoms with Crippen molar-refractivity contribution in [3.8, 4) is 0 Å². The highest BCUT2D eigenvalue weighted by Gasteiger charge is 2.14. The van der Waals surface area contributed by atoms with Gasteiger partial charge in [-0.2, -0.15) is 0 Å². The van der Waals surface area contributed by atoms with E-state index < -0.39 is 0 Å². The van der Waals surface area contributed by atoms with Crippen molar-refractivity contribution in [1.29, 1.82) is 0 Å². The Hall–Kier alpha value is -0.770. The molecule has 240 valence electrons. The summed E-state index contributed by atoms with van der Waals surface area (Å²) in [5, 5.41) is 11.9. The molecule has 0 bridgehead atoms. The third-order valence-corrected chi connectivity index (χ3v) is 7.48. The number of carbonyl (C=O) groups excluding carboxylic acids is 1. The first-order valence-corrected chi connectivity index (χ1v) is 17.0. The lowest BCUT2D eigenvalue weighted by molar-refractivity contribution is -0.121. The second-order valence-corrected chi connectivity index (χ2v) is 11.4. The monoisotopic (exact) mass is 571 g/mol.